The molecule has 1 aliphatic rings. The number of rotatable bonds is 5. The van der Waals surface area contributed by atoms with Crippen LogP contribution in [0.4, 0.5) is 0 Å². The Bertz CT molecular complexity index is 729. The number of ether oxygens (including phenoxy) is 2. The molecule has 6 heteroatoms. The summed E-state index contributed by atoms with van der Waals surface area (Å²) in [6, 6.07) is 13.5. The minimum Gasteiger partial charge on any atom is -0.454 e. The van der Waals surface area contributed by atoms with Crippen LogP contribution in [0, 0.1) is 6.92 Å². The van der Waals surface area contributed by atoms with Gasteiger partial charge in [0.1, 0.15) is 0 Å². The Morgan fingerprint density at radius 2 is 2.00 bits per heavy atom. The maximum Gasteiger partial charge on any atom is 0.250 e. The highest BCUT2D eigenvalue weighted by Crippen LogP contribution is 2.31. The molecule has 1 amide bonds. The average molecular weight is 328 g/mol. The van der Waals surface area contributed by atoms with E-state index < -0.39 is 0 Å². The SMILES string of the molecule is Cc1ccc(SCC(=O)N/N=C/c2ccc3c(c2)OCO3)cc1. The van der Waals surface area contributed by atoms with Crippen LogP contribution in [0.1, 0.15) is 11.1 Å². The second-order valence-electron chi connectivity index (χ2n) is 5.01. The van der Waals surface area contributed by atoms with E-state index in [9.17, 15) is 4.79 Å². The Balaban J connectivity index is 1.47. The van der Waals surface area contributed by atoms with Crippen LogP contribution in [-0.2, 0) is 4.79 Å². The fourth-order valence-electron chi connectivity index (χ4n) is 1.99. The van der Waals surface area contributed by atoms with E-state index in [2.05, 4.69) is 10.5 Å². The molecule has 3 rings (SSSR count). The number of thioether (sulfide) groups is 1. The molecule has 0 aliphatic carbocycles. The number of carbonyl (C=O) groups excluding carboxylic acids is 1. The van der Waals surface area contributed by atoms with Gasteiger partial charge in [0, 0.05) is 4.90 Å². The van der Waals surface area contributed by atoms with Crippen LogP contribution < -0.4 is 14.9 Å². The van der Waals surface area contributed by atoms with Gasteiger partial charge in [-0.3, -0.25) is 4.79 Å². The van der Waals surface area contributed by atoms with Crippen molar-refractivity contribution in [2.75, 3.05) is 12.5 Å². The maximum atomic E-state index is 11.8. The molecule has 0 atom stereocenters. The second kappa shape index (κ2) is 7.19. The summed E-state index contributed by atoms with van der Waals surface area (Å²) in [5.74, 6) is 1.59. The van der Waals surface area contributed by atoms with Gasteiger partial charge in [-0.25, -0.2) is 5.43 Å². The first-order chi connectivity index (χ1) is 11.2. The number of fused-ring (bicyclic) bond motifs is 1. The van der Waals surface area contributed by atoms with Gasteiger partial charge in [0.25, 0.3) is 0 Å². The number of nitrogens with zero attached hydrogens (tertiary/aromatic N) is 1. The van der Waals surface area contributed by atoms with Crippen molar-refractivity contribution in [2.24, 2.45) is 5.10 Å². The molecule has 0 saturated heterocycles. The minimum atomic E-state index is -0.146. The normalized spacial score (nSPS) is 12.6. The Morgan fingerprint density at radius 3 is 2.83 bits per heavy atom. The first-order valence-electron chi connectivity index (χ1n) is 7.12. The highest BCUT2D eigenvalue weighted by atomic mass is 32.2. The number of amides is 1. The molecule has 0 saturated carbocycles. The number of nitrogens with one attached hydrogen (secondary N) is 1. The van der Waals surface area contributed by atoms with Crippen LogP contribution in [0.2, 0.25) is 0 Å². The fourth-order valence-corrected chi connectivity index (χ4v) is 2.68. The molecule has 0 unspecified atom stereocenters. The van der Waals surface area contributed by atoms with Gasteiger partial charge < -0.3 is 9.47 Å². The van der Waals surface area contributed by atoms with Crippen molar-refractivity contribution in [3.05, 3.63) is 53.6 Å². The number of hydrogen-bond acceptors (Lipinski definition) is 5. The second-order valence-corrected chi connectivity index (χ2v) is 6.06. The van der Waals surface area contributed by atoms with E-state index in [-0.39, 0.29) is 12.7 Å². The topological polar surface area (TPSA) is 59.9 Å². The van der Waals surface area contributed by atoms with E-state index in [1.54, 1.807) is 6.21 Å². The van der Waals surface area contributed by atoms with Gasteiger partial charge in [0.05, 0.1) is 12.0 Å². The van der Waals surface area contributed by atoms with E-state index in [1.807, 2.05) is 49.4 Å². The first-order valence-corrected chi connectivity index (χ1v) is 8.10. The molecular formula is C17H16N2O3S. The van der Waals surface area contributed by atoms with E-state index in [0.717, 1.165) is 16.2 Å². The molecule has 0 radical (unpaired) electrons. The van der Waals surface area contributed by atoms with E-state index in [0.29, 0.717) is 11.5 Å². The van der Waals surface area contributed by atoms with Gasteiger partial charge in [-0.1, -0.05) is 17.7 Å². The van der Waals surface area contributed by atoms with Crippen LogP contribution >= 0.6 is 11.8 Å². The summed E-state index contributed by atoms with van der Waals surface area (Å²) in [7, 11) is 0. The summed E-state index contributed by atoms with van der Waals surface area (Å²) in [4.78, 5) is 12.8. The molecule has 23 heavy (non-hydrogen) atoms. The van der Waals surface area contributed by atoms with Crippen LogP contribution in [0.5, 0.6) is 11.5 Å². The quantitative estimate of drug-likeness (QED) is 0.521. The Hall–Kier alpha value is -2.47. The molecule has 2 aromatic carbocycles. The Kier molecular flexibility index (Phi) is 4.83. The summed E-state index contributed by atoms with van der Waals surface area (Å²) < 4.78 is 10.5. The molecule has 1 N–H and O–H groups in total. The number of benzene rings is 2. The van der Waals surface area contributed by atoms with Crippen LogP contribution in [0.3, 0.4) is 0 Å². The molecule has 2 aromatic rings. The van der Waals surface area contributed by atoms with Crippen molar-refractivity contribution >= 4 is 23.9 Å². The van der Waals surface area contributed by atoms with Crippen molar-refractivity contribution < 1.29 is 14.3 Å². The average Bonchev–Trinajstić information content (AvgIpc) is 3.02. The third-order valence-electron chi connectivity index (χ3n) is 3.19. The zero-order valence-corrected chi connectivity index (χ0v) is 13.4. The lowest BCUT2D eigenvalue weighted by atomic mass is 10.2. The number of carbonyl (C=O) groups is 1. The maximum absolute atomic E-state index is 11.8. The molecule has 0 aromatic heterocycles. The van der Waals surface area contributed by atoms with Gasteiger partial charge in [-0.15, -0.1) is 11.8 Å². The lowest BCUT2D eigenvalue weighted by molar-refractivity contribution is -0.118. The minimum absolute atomic E-state index is 0.146. The van der Waals surface area contributed by atoms with Gasteiger partial charge in [-0.05, 0) is 42.8 Å². The zero-order valence-electron chi connectivity index (χ0n) is 12.6. The molecule has 5 nitrogen and oxygen atoms in total. The Morgan fingerprint density at radius 1 is 1.22 bits per heavy atom. The fraction of sp³-hybridized carbons (Fsp3) is 0.176. The number of hydrogen-bond donors (Lipinski definition) is 1. The summed E-state index contributed by atoms with van der Waals surface area (Å²) in [6.45, 7) is 2.27. The van der Waals surface area contributed by atoms with Gasteiger partial charge in [0.15, 0.2) is 11.5 Å². The van der Waals surface area contributed by atoms with Gasteiger partial charge >= 0.3 is 0 Å². The van der Waals surface area contributed by atoms with Gasteiger partial charge in [-0.2, -0.15) is 5.10 Å². The standard InChI is InChI=1S/C17H16N2O3S/c1-12-2-5-14(6-3-12)23-10-17(20)19-18-9-13-4-7-15-16(8-13)22-11-21-15/h2-9H,10-11H2,1H3,(H,19,20)/b18-9+. The Labute approximate surface area is 138 Å². The highest BCUT2D eigenvalue weighted by molar-refractivity contribution is 8.00. The third kappa shape index (κ3) is 4.26. The number of aryl methyl sites for hydroxylation is 1. The molecular weight excluding hydrogens is 312 g/mol. The van der Waals surface area contributed by atoms with E-state index >= 15 is 0 Å². The molecule has 1 heterocycles. The molecule has 1 aliphatic heterocycles. The predicted molar refractivity (Wildman–Crippen MR) is 90.2 cm³/mol. The van der Waals surface area contributed by atoms with Crippen molar-refractivity contribution in [1.29, 1.82) is 0 Å². The lowest BCUT2D eigenvalue weighted by Crippen LogP contribution is -2.19. The van der Waals surface area contributed by atoms with E-state index in [4.69, 9.17) is 9.47 Å². The highest BCUT2D eigenvalue weighted by Gasteiger charge is 2.12. The summed E-state index contributed by atoms with van der Waals surface area (Å²) in [6.07, 6.45) is 1.58. The summed E-state index contributed by atoms with van der Waals surface area (Å²) in [5.41, 5.74) is 4.55. The lowest BCUT2D eigenvalue weighted by Gasteiger charge is -2.01. The van der Waals surface area contributed by atoms with Crippen molar-refractivity contribution in [3.63, 3.8) is 0 Å². The summed E-state index contributed by atoms with van der Waals surface area (Å²) in [5, 5.41) is 3.96. The van der Waals surface area contributed by atoms with Gasteiger partial charge in [0.2, 0.25) is 12.7 Å². The van der Waals surface area contributed by atoms with Crippen molar-refractivity contribution in [2.45, 2.75) is 11.8 Å². The van der Waals surface area contributed by atoms with Crippen molar-refractivity contribution in [1.82, 2.24) is 5.43 Å². The van der Waals surface area contributed by atoms with Crippen LogP contribution in [0.15, 0.2) is 52.5 Å². The largest absolute Gasteiger partial charge is 0.454 e. The zero-order chi connectivity index (χ0) is 16.1. The van der Waals surface area contributed by atoms with E-state index in [1.165, 1.54) is 17.3 Å². The third-order valence-corrected chi connectivity index (χ3v) is 4.20. The molecule has 0 spiro atoms. The predicted octanol–water partition coefficient (Wildman–Crippen LogP) is 2.97. The molecule has 0 fully saturated rings. The molecule has 118 valence electrons. The molecule has 0 bridgehead atoms. The first kappa shape index (κ1) is 15.4. The summed E-state index contributed by atoms with van der Waals surface area (Å²) >= 11 is 1.48. The monoisotopic (exact) mass is 328 g/mol. The van der Waals surface area contributed by atoms with Crippen molar-refractivity contribution in [3.8, 4) is 11.5 Å². The number of hydrazone groups is 1. The van der Waals surface area contributed by atoms with Crippen LogP contribution in [0.25, 0.3) is 0 Å². The smallest absolute Gasteiger partial charge is 0.250 e. The van der Waals surface area contributed by atoms with Crippen LogP contribution in [-0.4, -0.2) is 24.7 Å².